The maximum absolute atomic E-state index is 11.4. The van der Waals surface area contributed by atoms with Crippen LogP contribution in [0.1, 0.15) is 44.2 Å². The van der Waals surface area contributed by atoms with Crippen molar-refractivity contribution in [3.8, 4) is 0 Å². The van der Waals surface area contributed by atoms with Crippen molar-refractivity contribution in [2.24, 2.45) is 7.05 Å². The van der Waals surface area contributed by atoms with E-state index in [-0.39, 0.29) is 16.7 Å². The highest BCUT2D eigenvalue weighted by molar-refractivity contribution is 5.60. The molecule has 0 saturated heterocycles. The Morgan fingerprint density at radius 2 is 2.29 bits per heavy atom. The minimum absolute atomic E-state index is 0.0596. The Labute approximate surface area is 122 Å². The van der Waals surface area contributed by atoms with E-state index in [2.05, 4.69) is 20.4 Å². The van der Waals surface area contributed by atoms with Crippen molar-refractivity contribution in [1.29, 1.82) is 0 Å². The molecule has 0 fully saturated rings. The fraction of sp³-hybridized carbons (Fsp3) is 0.538. The third kappa shape index (κ3) is 3.04. The lowest BCUT2D eigenvalue weighted by Crippen LogP contribution is -2.14. The van der Waals surface area contributed by atoms with Crippen LogP contribution in [0.25, 0.3) is 0 Å². The number of hydrogen-bond donors (Lipinski definition) is 2. The van der Waals surface area contributed by atoms with Crippen LogP contribution in [-0.2, 0) is 13.5 Å². The zero-order valence-corrected chi connectivity index (χ0v) is 12.5. The van der Waals surface area contributed by atoms with Gasteiger partial charge in [-0.1, -0.05) is 20.3 Å². The second kappa shape index (κ2) is 6.38. The summed E-state index contributed by atoms with van der Waals surface area (Å²) < 4.78 is 1.54. The molecule has 0 bridgehead atoms. The standard InChI is InChI=1S/C13H20N6O2/c1-4-6-10-11(19(20)21)13(18(3)17-10)16-9(5-2)12-14-7-8-15-12/h7-9,16H,4-6H2,1-3H3,(H,14,15). The van der Waals surface area contributed by atoms with Gasteiger partial charge in [0.15, 0.2) is 0 Å². The minimum Gasteiger partial charge on any atom is -0.355 e. The van der Waals surface area contributed by atoms with Gasteiger partial charge in [-0.15, -0.1) is 0 Å². The maximum atomic E-state index is 11.4. The van der Waals surface area contributed by atoms with E-state index in [4.69, 9.17) is 0 Å². The number of aromatic nitrogens is 4. The van der Waals surface area contributed by atoms with Crippen molar-refractivity contribution in [3.05, 3.63) is 34.0 Å². The van der Waals surface area contributed by atoms with Gasteiger partial charge in [-0.3, -0.25) is 10.1 Å². The van der Waals surface area contributed by atoms with Gasteiger partial charge in [0.05, 0.1) is 11.0 Å². The van der Waals surface area contributed by atoms with E-state index in [9.17, 15) is 10.1 Å². The number of nitro groups is 1. The van der Waals surface area contributed by atoms with E-state index < -0.39 is 0 Å². The number of hydrogen-bond acceptors (Lipinski definition) is 5. The largest absolute Gasteiger partial charge is 0.355 e. The Morgan fingerprint density at radius 1 is 1.52 bits per heavy atom. The van der Waals surface area contributed by atoms with E-state index in [1.54, 1.807) is 19.4 Å². The zero-order chi connectivity index (χ0) is 15.4. The number of aryl methyl sites for hydroxylation is 2. The molecule has 0 radical (unpaired) electrons. The Hall–Kier alpha value is -2.38. The molecule has 2 N–H and O–H groups in total. The second-order valence-electron chi connectivity index (χ2n) is 4.85. The molecule has 0 aliphatic heterocycles. The predicted octanol–water partition coefficient (Wildman–Crippen LogP) is 2.57. The van der Waals surface area contributed by atoms with Gasteiger partial charge in [0.2, 0.25) is 5.82 Å². The number of nitrogens with one attached hydrogen (secondary N) is 2. The molecule has 2 rings (SSSR count). The Balaban J connectivity index is 2.36. The third-order valence-electron chi connectivity index (χ3n) is 3.33. The highest BCUT2D eigenvalue weighted by atomic mass is 16.6. The smallest absolute Gasteiger partial charge is 0.334 e. The number of rotatable bonds is 7. The molecule has 1 unspecified atom stereocenters. The molecule has 0 aliphatic carbocycles. The first-order valence-corrected chi connectivity index (χ1v) is 7.04. The van der Waals surface area contributed by atoms with Gasteiger partial charge in [0.25, 0.3) is 0 Å². The average molecular weight is 292 g/mol. The average Bonchev–Trinajstić information content (AvgIpc) is 3.05. The van der Waals surface area contributed by atoms with Crippen molar-refractivity contribution >= 4 is 11.5 Å². The van der Waals surface area contributed by atoms with Crippen LogP contribution in [0, 0.1) is 10.1 Å². The highest BCUT2D eigenvalue weighted by Crippen LogP contribution is 2.32. The van der Waals surface area contributed by atoms with Crippen LogP contribution < -0.4 is 5.32 Å². The lowest BCUT2D eigenvalue weighted by molar-refractivity contribution is -0.384. The molecule has 2 aromatic heterocycles. The highest BCUT2D eigenvalue weighted by Gasteiger charge is 2.28. The monoisotopic (exact) mass is 292 g/mol. The normalized spacial score (nSPS) is 12.3. The molecule has 114 valence electrons. The molecular formula is C13H20N6O2. The van der Waals surface area contributed by atoms with Crippen LogP contribution in [0.15, 0.2) is 12.4 Å². The van der Waals surface area contributed by atoms with Gasteiger partial charge < -0.3 is 10.3 Å². The maximum Gasteiger partial charge on any atom is 0.334 e. The first-order valence-electron chi connectivity index (χ1n) is 7.04. The van der Waals surface area contributed by atoms with E-state index in [1.165, 1.54) is 4.68 Å². The Morgan fingerprint density at radius 3 is 2.81 bits per heavy atom. The van der Waals surface area contributed by atoms with Gasteiger partial charge in [0, 0.05) is 19.4 Å². The fourth-order valence-corrected chi connectivity index (χ4v) is 2.32. The topological polar surface area (TPSA) is 102 Å². The summed E-state index contributed by atoms with van der Waals surface area (Å²) in [5.74, 6) is 1.18. The molecular weight excluding hydrogens is 272 g/mol. The van der Waals surface area contributed by atoms with Crippen molar-refractivity contribution in [3.63, 3.8) is 0 Å². The van der Waals surface area contributed by atoms with E-state index in [1.807, 2.05) is 13.8 Å². The minimum atomic E-state index is -0.366. The summed E-state index contributed by atoms with van der Waals surface area (Å²) in [5.41, 5.74) is 0.575. The third-order valence-corrected chi connectivity index (χ3v) is 3.33. The summed E-state index contributed by atoms with van der Waals surface area (Å²) in [7, 11) is 1.71. The first-order chi connectivity index (χ1) is 10.1. The second-order valence-corrected chi connectivity index (χ2v) is 4.85. The van der Waals surface area contributed by atoms with E-state index in [0.29, 0.717) is 17.9 Å². The van der Waals surface area contributed by atoms with Crippen LogP contribution in [-0.4, -0.2) is 24.7 Å². The number of imidazole rings is 1. The number of anilines is 1. The number of nitrogens with zero attached hydrogens (tertiary/aromatic N) is 4. The van der Waals surface area contributed by atoms with Crippen molar-refractivity contribution < 1.29 is 4.92 Å². The molecule has 0 spiro atoms. The van der Waals surface area contributed by atoms with Crippen LogP contribution in [0.4, 0.5) is 11.5 Å². The van der Waals surface area contributed by atoms with Gasteiger partial charge in [-0.05, 0) is 12.8 Å². The van der Waals surface area contributed by atoms with Crippen LogP contribution in [0.3, 0.4) is 0 Å². The lowest BCUT2D eigenvalue weighted by atomic mass is 10.2. The van der Waals surface area contributed by atoms with Gasteiger partial charge in [0.1, 0.15) is 11.5 Å². The predicted molar refractivity (Wildman–Crippen MR) is 79.1 cm³/mol. The van der Waals surface area contributed by atoms with Crippen LogP contribution in [0.2, 0.25) is 0 Å². The molecule has 1 atom stereocenters. The number of aromatic amines is 1. The number of H-pyrrole nitrogens is 1. The summed E-state index contributed by atoms with van der Waals surface area (Å²) >= 11 is 0. The quantitative estimate of drug-likeness (QED) is 0.603. The van der Waals surface area contributed by atoms with Gasteiger partial charge >= 0.3 is 5.69 Å². The zero-order valence-electron chi connectivity index (χ0n) is 12.5. The summed E-state index contributed by atoms with van der Waals surface area (Å²) in [6.07, 6.45) is 5.55. The van der Waals surface area contributed by atoms with Crippen molar-refractivity contribution in [2.45, 2.75) is 39.2 Å². The molecule has 0 amide bonds. The summed E-state index contributed by atoms with van der Waals surface area (Å²) in [6, 6.07) is -0.122. The molecule has 21 heavy (non-hydrogen) atoms. The van der Waals surface area contributed by atoms with E-state index >= 15 is 0 Å². The lowest BCUT2D eigenvalue weighted by Gasteiger charge is -2.15. The molecule has 0 saturated carbocycles. The van der Waals surface area contributed by atoms with Crippen molar-refractivity contribution in [1.82, 2.24) is 19.7 Å². The van der Waals surface area contributed by atoms with Crippen LogP contribution >= 0.6 is 0 Å². The molecule has 8 nitrogen and oxygen atoms in total. The molecule has 2 heterocycles. The Bertz CT molecular complexity index is 604. The molecule has 2 aromatic rings. The fourth-order valence-electron chi connectivity index (χ4n) is 2.32. The molecule has 0 aromatic carbocycles. The summed E-state index contributed by atoms with van der Waals surface area (Å²) in [6.45, 7) is 3.97. The van der Waals surface area contributed by atoms with Gasteiger partial charge in [-0.25, -0.2) is 9.67 Å². The van der Waals surface area contributed by atoms with E-state index in [0.717, 1.165) is 18.7 Å². The SMILES string of the molecule is CCCc1nn(C)c(NC(CC)c2ncc[nH]2)c1[N+](=O)[O-]. The van der Waals surface area contributed by atoms with Crippen molar-refractivity contribution in [2.75, 3.05) is 5.32 Å². The molecule has 8 heteroatoms. The van der Waals surface area contributed by atoms with Crippen LogP contribution in [0.5, 0.6) is 0 Å². The first kappa shape index (κ1) is 15.0. The van der Waals surface area contributed by atoms with Gasteiger partial charge in [-0.2, -0.15) is 5.10 Å². The summed E-state index contributed by atoms with van der Waals surface area (Å²) in [4.78, 5) is 18.3. The molecule has 0 aliphatic rings. The summed E-state index contributed by atoms with van der Waals surface area (Å²) in [5, 5.41) is 18.8. The Kier molecular flexibility index (Phi) is 4.56.